The number of hydrogen-bond donors (Lipinski definition) is 0. The summed E-state index contributed by atoms with van der Waals surface area (Å²) in [7, 11) is 0. The number of fused-ring (bicyclic) bond motifs is 1. The Kier molecular flexibility index (Phi) is 6.65. The van der Waals surface area contributed by atoms with Crippen molar-refractivity contribution in [2.45, 2.75) is 46.7 Å². The van der Waals surface area contributed by atoms with E-state index in [-0.39, 0.29) is 11.5 Å². The van der Waals surface area contributed by atoms with E-state index in [9.17, 15) is 4.91 Å². The van der Waals surface area contributed by atoms with Crippen LogP contribution in [0.3, 0.4) is 0 Å². The van der Waals surface area contributed by atoms with Gasteiger partial charge in [-0.15, -0.1) is 6.58 Å². The van der Waals surface area contributed by atoms with Crippen molar-refractivity contribution in [2.75, 3.05) is 13.1 Å². The zero-order valence-electron chi connectivity index (χ0n) is 16.6. The molecule has 1 aromatic carbocycles. The zero-order valence-corrected chi connectivity index (χ0v) is 16.6. The highest BCUT2D eigenvalue weighted by atomic mass is 16.3. The molecule has 2 rings (SSSR count). The molecule has 0 N–H and O–H groups in total. The molecular weight excluding hydrogens is 322 g/mol. The summed E-state index contributed by atoms with van der Waals surface area (Å²) in [5.41, 5.74) is 1.83. The molecule has 4 nitrogen and oxygen atoms in total. The number of para-hydroxylation sites is 1. The third kappa shape index (κ3) is 4.01. The van der Waals surface area contributed by atoms with Gasteiger partial charge in [-0.3, -0.25) is 9.88 Å². The van der Waals surface area contributed by atoms with Gasteiger partial charge in [0, 0.05) is 29.6 Å². The molecule has 0 amide bonds. The van der Waals surface area contributed by atoms with Gasteiger partial charge in [-0.25, -0.2) is 0 Å². The number of nitrogens with zero attached hydrogens (tertiary/aromatic N) is 3. The van der Waals surface area contributed by atoms with E-state index in [0.717, 1.165) is 29.6 Å². The van der Waals surface area contributed by atoms with E-state index < -0.39 is 6.04 Å². The maximum absolute atomic E-state index is 11.9. The zero-order chi connectivity index (χ0) is 19.3. The Balaban J connectivity index is 2.38. The Morgan fingerprint density at radius 2 is 1.96 bits per heavy atom. The van der Waals surface area contributed by atoms with Gasteiger partial charge >= 0.3 is 0 Å². The first-order valence-electron chi connectivity index (χ1n) is 9.41. The molecule has 0 saturated heterocycles. The minimum atomic E-state index is -0.441. The van der Waals surface area contributed by atoms with Crippen LogP contribution in [-0.2, 0) is 0 Å². The van der Waals surface area contributed by atoms with Crippen LogP contribution >= 0.6 is 0 Å². The lowest BCUT2D eigenvalue weighted by atomic mass is 9.78. The van der Waals surface area contributed by atoms with Crippen LogP contribution in [0, 0.1) is 16.2 Å². The van der Waals surface area contributed by atoms with Crippen LogP contribution in [0.5, 0.6) is 0 Å². The van der Waals surface area contributed by atoms with Gasteiger partial charge in [-0.05, 0) is 37.1 Å². The summed E-state index contributed by atoms with van der Waals surface area (Å²) in [6.07, 6.45) is 3.80. The molecule has 140 valence electrons. The van der Waals surface area contributed by atoms with E-state index >= 15 is 0 Å². The summed E-state index contributed by atoms with van der Waals surface area (Å²) in [6.45, 7) is 16.6. The molecule has 0 aliphatic carbocycles. The fourth-order valence-corrected chi connectivity index (χ4v) is 3.44. The fourth-order valence-electron chi connectivity index (χ4n) is 3.44. The third-order valence-electron chi connectivity index (χ3n) is 5.88. The molecule has 0 spiro atoms. The molecule has 2 aromatic rings. The molecular formula is C22H31N3O. The standard InChI is InChI=1S/C22H31N3O/c1-7-22(6,16(3)4)15-25(8-2)17(5)21(24-26)19-13-14-23-20-12-10-9-11-18(19)20/h7,9-14,16-17,21H,1,8,15H2,2-6H3. The van der Waals surface area contributed by atoms with Crippen molar-refractivity contribution in [1.82, 2.24) is 9.88 Å². The van der Waals surface area contributed by atoms with E-state index in [0.29, 0.717) is 5.92 Å². The lowest BCUT2D eigenvalue weighted by Crippen LogP contribution is -2.44. The van der Waals surface area contributed by atoms with E-state index in [1.165, 1.54) is 0 Å². The minimum absolute atomic E-state index is 0.0127. The Morgan fingerprint density at radius 3 is 2.54 bits per heavy atom. The average Bonchev–Trinajstić information content (AvgIpc) is 2.66. The number of nitroso groups, excluding NO2 is 1. The number of aromatic nitrogens is 1. The van der Waals surface area contributed by atoms with Crippen molar-refractivity contribution in [3.63, 3.8) is 0 Å². The minimum Gasteiger partial charge on any atom is -0.297 e. The first kappa shape index (κ1) is 20.2. The highest BCUT2D eigenvalue weighted by Gasteiger charge is 2.33. The van der Waals surface area contributed by atoms with Gasteiger partial charge in [0.15, 0.2) is 0 Å². The van der Waals surface area contributed by atoms with Crippen LogP contribution in [-0.4, -0.2) is 29.0 Å². The molecule has 4 heteroatoms. The second kappa shape index (κ2) is 8.54. The molecule has 0 aliphatic rings. The lowest BCUT2D eigenvalue weighted by Gasteiger charge is -2.40. The van der Waals surface area contributed by atoms with E-state index in [1.54, 1.807) is 6.20 Å². The molecule has 1 heterocycles. The first-order chi connectivity index (χ1) is 12.4. The van der Waals surface area contributed by atoms with Crippen LogP contribution in [0.15, 0.2) is 54.4 Å². The van der Waals surface area contributed by atoms with Gasteiger partial charge in [0.25, 0.3) is 0 Å². The largest absolute Gasteiger partial charge is 0.297 e. The molecule has 0 bridgehead atoms. The average molecular weight is 354 g/mol. The molecule has 3 unspecified atom stereocenters. The predicted octanol–water partition coefficient (Wildman–Crippen LogP) is 5.60. The van der Waals surface area contributed by atoms with Gasteiger partial charge in [-0.2, -0.15) is 4.91 Å². The predicted molar refractivity (Wildman–Crippen MR) is 110 cm³/mol. The van der Waals surface area contributed by atoms with Crippen molar-refractivity contribution >= 4 is 10.9 Å². The normalized spacial score (nSPS) is 16.4. The van der Waals surface area contributed by atoms with E-state index in [2.05, 4.69) is 56.3 Å². The van der Waals surface area contributed by atoms with Crippen LogP contribution in [0.25, 0.3) is 10.9 Å². The summed E-state index contributed by atoms with van der Waals surface area (Å²) >= 11 is 0. The van der Waals surface area contributed by atoms with Gasteiger partial charge < -0.3 is 0 Å². The highest BCUT2D eigenvalue weighted by molar-refractivity contribution is 5.82. The summed E-state index contributed by atoms with van der Waals surface area (Å²) in [6, 6.07) is 9.39. The van der Waals surface area contributed by atoms with Crippen molar-refractivity contribution < 1.29 is 0 Å². The fraction of sp³-hybridized carbons (Fsp3) is 0.500. The van der Waals surface area contributed by atoms with Crippen molar-refractivity contribution in [3.8, 4) is 0 Å². The lowest BCUT2D eigenvalue weighted by molar-refractivity contribution is 0.117. The van der Waals surface area contributed by atoms with E-state index in [1.807, 2.05) is 36.4 Å². The summed E-state index contributed by atoms with van der Waals surface area (Å²) in [5.74, 6) is 0.464. The quantitative estimate of drug-likeness (QED) is 0.435. The second-order valence-electron chi connectivity index (χ2n) is 7.64. The van der Waals surface area contributed by atoms with Crippen LogP contribution in [0.2, 0.25) is 0 Å². The SMILES string of the molecule is C=CC(C)(CN(CC)C(C)C(N=O)c1ccnc2ccccc12)C(C)C. The van der Waals surface area contributed by atoms with Crippen molar-refractivity contribution in [2.24, 2.45) is 16.5 Å². The second-order valence-corrected chi connectivity index (χ2v) is 7.64. The number of likely N-dealkylation sites (N-methyl/N-ethyl adjacent to an activating group) is 1. The van der Waals surface area contributed by atoms with Gasteiger partial charge in [-0.1, -0.05) is 57.1 Å². The monoisotopic (exact) mass is 353 g/mol. The summed E-state index contributed by atoms with van der Waals surface area (Å²) in [4.78, 5) is 18.6. The van der Waals surface area contributed by atoms with E-state index in [4.69, 9.17) is 0 Å². The first-order valence-corrected chi connectivity index (χ1v) is 9.41. The molecule has 0 aliphatic heterocycles. The van der Waals surface area contributed by atoms with Crippen molar-refractivity contribution in [1.29, 1.82) is 0 Å². The third-order valence-corrected chi connectivity index (χ3v) is 5.88. The number of pyridine rings is 1. The molecule has 0 radical (unpaired) electrons. The molecule has 3 atom stereocenters. The van der Waals surface area contributed by atoms with Gasteiger partial charge in [0.1, 0.15) is 6.04 Å². The smallest absolute Gasteiger partial charge is 0.133 e. The topological polar surface area (TPSA) is 45.6 Å². The molecule has 0 fully saturated rings. The Hall–Kier alpha value is -2.07. The Morgan fingerprint density at radius 1 is 1.27 bits per heavy atom. The molecule has 1 aromatic heterocycles. The van der Waals surface area contributed by atoms with Crippen LogP contribution in [0.4, 0.5) is 0 Å². The van der Waals surface area contributed by atoms with Crippen molar-refractivity contribution in [3.05, 3.63) is 59.7 Å². The Bertz CT molecular complexity index is 753. The number of benzene rings is 1. The van der Waals surface area contributed by atoms with Crippen LogP contribution in [0.1, 0.15) is 46.2 Å². The van der Waals surface area contributed by atoms with Gasteiger partial charge in [0.2, 0.25) is 0 Å². The van der Waals surface area contributed by atoms with Gasteiger partial charge in [0.05, 0.1) is 5.52 Å². The number of rotatable bonds is 9. The Labute approximate surface area is 157 Å². The molecule has 26 heavy (non-hydrogen) atoms. The maximum Gasteiger partial charge on any atom is 0.133 e. The van der Waals surface area contributed by atoms with Crippen LogP contribution < -0.4 is 0 Å². The number of hydrogen-bond acceptors (Lipinski definition) is 4. The summed E-state index contributed by atoms with van der Waals surface area (Å²) < 4.78 is 0. The highest BCUT2D eigenvalue weighted by Crippen LogP contribution is 2.34. The molecule has 0 saturated carbocycles. The maximum atomic E-state index is 11.9. The summed E-state index contributed by atoms with van der Waals surface area (Å²) in [5, 5.41) is 4.53.